The average Bonchev–Trinajstić information content (AvgIpc) is 3.30. The van der Waals surface area contributed by atoms with Gasteiger partial charge in [-0.25, -0.2) is 9.67 Å². The average molecular weight is 364 g/mol. The third-order valence-electron chi connectivity index (χ3n) is 5.36. The van der Waals surface area contributed by atoms with E-state index in [2.05, 4.69) is 25.5 Å². The highest BCUT2D eigenvalue weighted by atomic mass is 16.2. The van der Waals surface area contributed by atoms with E-state index in [9.17, 15) is 4.79 Å². The zero-order valence-electron chi connectivity index (χ0n) is 14.9. The molecule has 0 aromatic carbocycles. The number of hydrogen-bond acceptors (Lipinski definition) is 6. The highest BCUT2D eigenvalue weighted by molar-refractivity contribution is 5.83. The number of H-pyrrole nitrogens is 1. The highest BCUT2D eigenvalue weighted by Crippen LogP contribution is 2.29. The molecule has 0 bridgehead atoms. The van der Waals surface area contributed by atoms with Crippen LogP contribution in [0.4, 0.5) is 0 Å². The number of rotatable bonds is 2. The number of nitrogens with zero attached hydrogens (tertiary/aromatic N) is 7. The number of carbonyl (C=O) groups excluding carboxylic acids is 1. The third-order valence-corrected chi connectivity index (χ3v) is 5.36. The number of pyridine rings is 1. The molecule has 5 rings (SSSR count). The molecule has 0 fully saturated rings. The molecule has 9 heteroatoms. The van der Waals surface area contributed by atoms with Crippen LogP contribution in [0.5, 0.6) is 0 Å². The summed E-state index contributed by atoms with van der Waals surface area (Å²) in [6, 6.07) is 3.87. The van der Waals surface area contributed by atoms with Gasteiger partial charge in [0.15, 0.2) is 5.82 Å². The van der Waals surface area contributed by atoms with E-state index in [0.717, 1.165) is 55.0 Å². The van der Waals surface area contributed by atoms with Crippen LogP contribution < -0.4 is 0 Å². The molecule has 27 heavy (non-hydrogen) atoms. The van der Waals surface area contributed by atoms with Crippen molar-refractivity contribution >= 4 is 5.91 Å². The summed E-state index contributed by atoms with van der Waals surface area (Å²) in [5.41, 5.74) is 2.98. The molecule has 1 N–H and O–H groups in total. The Hall–Kier alpha value is -3.10. The summed E-state index contributed by atoms with van der Waals surface area (Å²) < 4.78 is 1.78. The van der Waals surface area contributed by atoms with Crippen LogP contribution in [-0.4, -0.2) is 52.5 Å². The Morgan fingerprint density at radius 1 is 1.26 bits per heavy atom. The van der Waals surface area contributed by atoms with Gasteiger partial charge in [-0.05, 0) is 35.4 Å². The van der Waals surface area contributed by atoms with E-state index in [1.54, 1.807) is 17.1 Å². The number of fused-ring (bicyclic) bond motifs is 2. The van der Waals surface area contributed by atoms with Crippen molar-refractivity contribution < 1.29 is 4.79 Å². The van der Waals surface area contributed by atoms with Gasteiger partial charge in [-0.2, -0.15) is 0 Å². The Morgan fingerprint density at radius 3 is 3.11 bits per heavy atom. The van der Waals surface area contributed by atoms with Gasteiger partial charge in [0, 0.05) is 37.5 Å². The topological polar surface area (TPSA) is 105 Å². The molecule has 138 valence electrons. The second-order valence-electron chi connectivity index (χ2n) is 7.07. The van der Waals surface area contributed by atoms with Gasteiger partial charge in [0.1, 0.15) is 5.82 Å². The molecule has 1 atom stereocenters. The smallest absolute Gasteiger partial charge is 0.233 e. The predicted molar refractivity (Wildman–Crippen MR) is 95.3 cm³/mol. The van der Waals surface area contributed by atoms with Crippen molar-refractivity contribution in [2.24, 2.45) is 0 Å². The van der Waals surface area contributed by atoms with Crippen molar-refractivity contribution in [1.29, 1.82) is 0 Å². The van der Waals surface area contributed by atoms with E-state index in [-0.39, 0.29) is 11.8 Å². The van der Waals surface area contributed by atoms with Crippen LogP contribution in [0.1, 0.15) is 42.4 Å². The van der Waals surface area contributed by atoms with Crippen molar-refractivity contribution in [1.82, 2.24) is 40.1 Å². The summed E-state index contributed by atoms with van der Waals surface area (Å²) in [4.78, 5) is 27.4. The SMILES string of the molecule is O=C(C1CCCCn2nnnc21)N1CCc2nc(-c3cccnc3)[nH]c2C1. The molecule has 1 unspecified atom stereocenters. The molecule has 0 saturated heterocycles. The summed E-state index contributed by atoms with van der Waals surface area (Å²) in [7, 11) is 0. The minimum absolute atomic E-state index is 0.108. The highest BCUT2D eigenvalue weighted by Gasteiger charge is 2.34. The first-order chi connectivity index (χ1) is 13.3. The molecule has 0 aliphatic carbocycles. The first kappa shape index (κ1) is 16.1. The van der Waals surface area contributed by atoms with Crippen molar-refractivity contribution in [3.8, 4) is 11.4 Å². The van der Waals surface area contributed by atoms with Gasteiger partial charge >= 0.3 is 0 Å². The fourth-order valence-corrected chi connectivity index (χ4v) is 3.94. The maximum Gasteiger partial charge on any atom is 0.233 e. The number of nitrogens with one attached hydrogen (secondary N) is 1. The Balaban J connectivity index is 1.38. The Kier molecular flexibility index (Phi) is 3.92. The van der Waals surface area contributed by atoms with Crippen LogP contribution in [-0.2, 0) is 24.3 Å². The monoisotopic (exact) mass is 364 g/mol. The fourth-order valence-electron chi connectivity index (χ4n) is 3.94. The van der Waals surface area contributed by atoms with E-state index in [0.29, 0.717) is 18.9 Å². The van der Waals surface area contributed by atoms with E-state index in [1.165, 1.54) is 0 Å². The summed E-state index contributed by atoms with van der Waals surface area (Å²) in [6.45, 7) is 1.99. The first-order valence-corrected chi connectivity index (χ1v) is 9.32. The minimum atomic E-state index is -0.259. The zero-order valence-corrected chi connectivity index (χ0v) is 14.9. The quantitative estimate of drug-likeness (QED) is 0.735. The molecule has 9 nitrogen and oxygen atoms in total. The summed E-state index contributed by atoms with van der Waals surface area (Å²) in [6.07, 6.45) is 7.07. The molecule has 2 aliphatic heterocycles. The number of aromatic nitrogens is 7. The van der Waals surface area contributed by atoms with Gasteiger partial charge in [-0.15, -0.1) is 5.10 Å². The molecular formula is C18H20N8O. The van der Waals surface area contributed by atoms with Gasteiger partial charge in [-0.1, -0.05) is 6.42 Å². The number of imidazole rings is 1. The maximum absolute atomic E-state index is 13.2. The standard InChI is InChI=1S/C18H20N8O/c27-18(13-5-1-2-8-26-17(13)22-23-24-26)25-9-6-14-15(11-25)21-16(20-14)12-4-3-7-19-10-12/h3-4,7,10,13H,1-2,5-6,8-9,11H2,(H,20,21). The predicted octanol–water partition coefficient (Wildman–Crippen LogP) is 1.31. The number of aryl methyl sites for hydroxylation is 1. The maximum atomic E-state index is 13.2. The van der Waals surface area contributed by atoms with Crippen LogP contribution in [0.15, 0.2) is 24.5 Å². The number of hydrogen-bond donors (Lipinski definition) is 1. The van der Waals surface area contributed by atoms with E-state index in [1.807, 2.05) is 17.0 Å². The third kappa shape index (κ3) is 2.88. The summed E-state index contributed by atoms with van der Waals surface area (Å²) in [5, 5.41) is 11.9. The van der Waals surface area contributed by atoms with Crippen molar-refractivity contribution in [3.05, 3.63) is 41.7 Å². The van der Waals surface area contributed by atoms with Crippen molar-refractivity contribution in [2.45, 2.75) is 44.7 Å². The van der Waals surface area contributed by atoms with Crippen LogP contribution >= 0.6 is 0 Å². The Morgan fingerprint density at radius 2 is 2.22 bits per heavy atom. The van der Waals surface area contributed by atoms with Gasteiger partial charge in [0.25, 0.3) is 0 Å². The lowest BCUT2D eigenvalue weighted by Crippen LogP contribution is -2.39. The van der Waals surface area contributed by atoms with E-state index in [4.69, 9.17) is 4.98 Å². The molecular weight excluding hydrogens is 344 g/mol. The second kappa shape index (κ2) is 6.57. The normalized spacial score (nSPS) is 19.3. The molecule has 3 aromatic rings. The number of tetrazole rings is 1. The van der Waals surface area contributed by atoms with Gasteiger partial charge in [0.2, 0.25) is 5.91 Å². The summed E-state index contributed by atoms with van der Waals surface area (Å²) >= 11 is 0. The van der Waals surface area contributed by atoms with E-state index >= 15 is 0 Å². The van der Waals surface area contributed by atoms with Crippen molar-refractivity contribution in [3.63, 3.8) is 0 Å². The van der Waals surface area contributed by atoms with Crippen LogP contribution in [0.2, 0.25) is 0 Å². The molecule has 3 aromatic heterocycles. The fraction of sp³-hybridized carbons (Fsp3) is 0.444. The Bertz CT molecular complexity index is 963. The van der Waals surface area contributed by atoms with Crippen molar-refractivity contribution in [2.75, 3.05) is 6.54 Å². The minimum Gasteiger partial charge on any atom is -0.340 e. The van der Waals surface area contributed by atoms with Gasteiger partial charge < -0.3 is 9.88 Å². The number of amides is 1. The molecule has 0 spiro atoms. The Labute approximate surface area is 155 Å². The van der Waals surface area contributed by atoms with Gasteiger partial charge in [0.05, 0.1) is 23.9 Å². The molecule has 0 radical (unpaired) electrons. The van der Waals surface area contributed by atoms with Crippen LogP contribution in [0.25, 0.3) is 11.4 Å². The molecule has 1 amide bonds. The lowest BCUT2D eigenvalue weighted by atomic mass is 9.99. The first-order valence-electron chi connectivity index (χ1n) is 9.32. The number of aromatic amines is 1. The lowest BCUT2D eigenvalue weighted by molar-refractivity contribution is -0.134. The lowest BCUT2D eigenvalue weighted by Gasteiger charge is -2.29. The molecule has 2 aliphatic rings. The largest absolute Gasteiger partial charge is 0.340 e. The van der Waals surface area contributed by atoms with Crippen LogP contribution in [0.3, 0.4) is 0 Å². The van der Waals surface area contributed by atoms with Crippen LogP contribution in [0, 0.1) is 0 Å². The van der Waals surface area contributed by atoms with Gasteiger partial charge in [-0.3, -0.25) is 9.78 Å². The second-order valence-corrected chi connectivity index (χ2v) is 7.07. The zero-order chi connectivity index (χ0) is 18.2. The molecule has 5 heterocycles. The summed E-state index contributed by atoms with van der Waals surface area (Å²) in [5.74, 6) is 1.35. The number of carbonyl (C=O) groups is 1. The molecule has 0 saturated carbocycles. The van der Waals surface area contributed by atoms with E-state index < -0.39 is 0 Å².